The van der Waals surface area contributed by atoms with Gasteiger partial charge in [0.15, 0.2) is 0 Å². The highest BCUT2D eigenvalue weighted by Crippen LogP contribution is 2.33. The first-order valence-electron chi connectivity index (χ1n) is 13.2. The number of rotatable bonds is 12. The van der Waals surface area contributed by atoms with Gasteiger partial charge in [-0.15, -0.1) is 0 Å². The fourth-order valence-corrected chi connectivity index (χ4v) is 5.38. The summed E-state index contributed by atoms with van der Waals surface area (Å²) < 4.78 is 16.6. The maximum Gasteiger partial charge on any atom is 0.227 e. The maximum absolute atomic E-state index is 13.7. The van der Waals surface area contributed by atoms with Crippen LogP contribution in [0.5, 0.6) is 11.5 Å². The highest BCUT2D eigenvalue weighted by Gasteiger charge is 2.38. The molecule has 0 bridgehead atoms. The van der Waals surface area contributed by atoms with E-state index in [0.29, 0.717) is 37.9 Å². The average Bonchev–Trinajstić information content (AvgIpc) is 3.71. The Balaban J connectivity index is 1.38. The second-order valence-electron chi connectivity index (χ2n) is 10.2. The molecule has 0 radical (unpaired) electrons. The van der Waals surface area contributed by atoms with E-state index in [-0.39, 0.29) is 11.8 Å². The topological polar surface area (TPSA) is 72.1 Å². The van der Waals surface area contributed by atoms with Gasteiger partial charge < -0.3 is 29.7 Å². The number of nitrogens with zero attached hydrogens (tertiary/aromatic N) is 1. The van der Waals surface area contributed by atoms with Crippen LogP contribution < -0.4 is 20.1 Å². The summed E-state index contributed by atoms with van der Waals surface area (Å²) in [5.41, 5.74) is 1.06. The summed E-state index contributed by atoms with van der Waals surface area (Å²) in [5.74, 6) is 1.87. The highest BCUT2D eigenvalue weighted by molar-refractivity contribution is 5.80. The number of hydrogen-bond donors (Lipinski definition) is 2. The van der Waals surface area contributed by atoms with Crippen molar-refractivity contribution in [3.63, 3.8) is 0 Å². The molecule has 0 aromatic heterocycles. The molecule has 34 heavy (non-hydrogen) atoms. The Morgan fingerprint density at radius 2 is 1.79 bits per heavy atom. The van der Waals surface area contributed by atoms with Crippen molar-refractivity contribution in [1.82, 2.24) is 15.5 Å². The predicted octanol–water partition coefficient (Wildman–Crippen LogP) is 3.50. The molecule has 1 amide bonds. The molecule has 3 fully saturated rings. The first kappa shape index (κ1) is 25.3. The van der Waals surface area contributed by atoms with Crippen molar-refractivity contribution in [1.29, 1.82) is 0 Å². The summed E-state index contributed by atoms with van der Waals surface area (Å²) in [6.45, 7) is 3.61. The summed E-state index contributed by atoms with van der Waals surface area (Å²) in [5, 5.41) is 7.39. The number of hydrogen-bond acceptors (Lipinski definition) is 6. The Hall–Kier alpha value is -1.83. The average molecular weight is 474 g/mol. The molecule has 0 unspecified atom stereocenters. The van der Waals surface area contributed by atoms with Crippen LogP contribution in [0.15, 0.2) is 18.2 Å². The van der Waals surface area contributed by atoms with E-state index in [4.69, 9.17) is 14.2 Å². The zero-order valence-corrected chi connectivity index (χ0v) is 21.0. The number of amides is 1. The largest absolute Gasteiger partial charge is 0.497 e. The molecule has 190 valence electrons. The lowest BCUT2D eigenvalue weighted by Gasteiger charge is -2.36. The van der Waals surface area contributed by atoms with Crippen molar-refractivity contribution >= 4 is 5.91 Å². The van der Waals surface area contributed by atoms with Crippen LogP contribution in [-0.4, -0.2) is 69.5 Å². The molecule has 2 aliphatic carbocycles. The van der Waals surface area contributed by atoms with Crippen LogP contribution in [0.4, 0.5) is 0 Å². The van der Waals surface area contributed by atoms with Crippen LogP contribution in [-0.2, 0) is 16.1 Å². The van der Waals surface area contributed by atoms with Gasteiger partial charge in [-0.25, -0.2) is 0 Å². The maximum atomic E-state index is 13.7. The Morgan fingerprint density at radius 1 is 1.00 bits per heavy atom. The monoisotopic (exact) mass is 473 g/mol. The van der Waals surface area contributed by atoms with Crippen LogP contribution in [0.2, 0.25) is 0 Å². The molecule has 2 N–H and O–H groups in total. The fourth-order valence-electron chi connectivity index (χ4n) is 5.38. The van der Waals surface area contributed by atoms with Crippen molar-refractivity contribution < 1.29 is 19.0 Å². The first-order chi connectivity index (χ1) is 16.7. The van der Waals surface area contributed by atoms with Crippen LogP contribution in [0.25, 0.3) is 0 Å². The molecule has 1 heterocycles. The molecular formula is C27H43N3O4. The second kappa shape index (κ2) is 12.8. The minimum absolute atomic E-state index is 0.0332. The first-order valence-corrected chi connectivity index (χ1v) is 13.2. The van der Waals surface area contributed by atoms with Gasteiger partial charge in [-0.1, -0.05) is 19.3 Å². The zero-order chi connectivity index (χ0) is 23.8. The van der Waals surface area contributed by atoms with E-state index in [0.717, 1.165) is 55.8 Å². The Labute approximate surface area is 204 Å². The van der Waals surface area contributed by atoms with Gasteiger partial charge in [0.05, 0.1) is 19.6 Å². The highest BCUT2D eigenvalue weighted by atomic mass is 16.5. The smallest absolute Gasteiger partial charge is 0.227 e. The van der Waals surface area contributed by atoms with Gasteiger partial charge in [0.1, 0.15) is 11.5 Å². The Morgan fingerprint density at radius 3 is 2.53 bits per heavy atom. The van der Waals surface area contributed by atoms with Gasteiger partial charge in [0.25, 0.3) is 0 Å². The lowest BCUT2D eigenvalue weighted by molar-refractivity contribution is -0.137. The van der Waals surface area contributed by atoms with E-state index < -0.39 is 0 Å². The van der Waals surface area contributed by atoms with Gasteiger partial charge in [-0.05, 0) is 49.8 Å². The molecule has 0 spiro atoms. The number of nitrogens with one attached hydrogen (secondary N) is 2. The predicted molar refractivity (Wildman–Crippen MR) is 133 cm³/mol. The van der Waals surface area contributed by atoms with E-state index >= 15 is 0 Å². The van der Waals surface area contributed by atoms with Crippen LogP contribution in [0.1, 0.15) is 63.4 Å². The third-order valence-electron chi connectivity index (χ3n) is 7.34. The van der Waals surface area contributed by atoms with Gasteiger partial charge in [-0.3, -0.25) is 4.79 Å². The summed E-state index contributed by atoms with van der Waals surface area (Å²) in [4.78, 5) is 15.8. The minimum atomic E-state index is 0.0332. The van der Waals surface area contributed by atoms with Gasteiger partial charge >= 0.3 is 0 Å². The standard InChI is InChI=1S/C27H43N3O4/c1-32-11-6-12-34-26-14-20(13-25(16-26)33-2)19-30(24-9-10-24)27(31)21-15-23(18-28-17-21)29-22-7-4-3-5-8-22/h13-14,16,21-24,28-29H,3-12,15,17-19H2,1-2H3/t21-,23+/m1/s1. The molecule has 2 saturated carbocycles. The number of benzene rings is 1. The number of carbonyl (C=O) groups is 1. The molecule has 4 rings (SSSR count). The quantitative estimate of drug-likeness (QED) is 0.453. The fraction of sp³-hybridized carbons (Fsp3) is 0.741. The van der Waals surface area contributed by atoms with Crippen LogP contribution >= 0.6 is 0 Å². The van der Waals surface area contributed by atoms with E-state index in [2.05, 4.69) is 15.5 Å². The van der Waals surface area contributed by atoms with Crippen molar-refractivity contribution in [2.75, 3.05) is 40.5 Å². The summed E-state index contributed by atoms with van der Waals surface area (Å²) in [6.07, 6.45) is 10.5. The Bertz CT molecular complexity index is 779. The van der Waals surface area contributed by atoms with Gasteiger partial charge in [0.2, 0.25) is 5.91 Å². The lowest BCUT2D eigenvalue weighted by Crippen LogP contribution is -2.54. The normalized spacial score (nSPS) is 23.5. The molecule has 1 aliphatic heterocycles. The molecule has 7 nitrogen and oxygen atoms in total. The third-order valence-corrected chi connectivity index (χ3v) is 7.34. The zero-order valence-electron chi connectivity index (χ0n) is 21.0. The summed E-state index contributed by atoms with van der Waals surface area (Å²) in [7, 11) is 3.37. The molecule has 1 saturated heterocycles. The molecule has 2 atom stereocenters. The summed E-state index contributed by atoms with van der Waals surface area (Å²) in [6, 6.07) is 7.34. The van der Waals surface area contributed by atoms with Gasteiger partial charge in [0, 0.05) is 64.0 Å². The third kappa shape index (κ3) is 7.33. The van der Waals surface area contributed by atoms with Crippen LogP contribution in [0.3, 0.4) is 0 Å². The molecular weight excluding hydrogens is 430 g/mol. The molecule has 1 aromatic carbocycles. The second-order valence-corrected chi connectivity index (χ2v) is 10.2. The van der Waals surface area contributed by atoms with Crippen molar-refractivity contribution in [3.05, 3.63) is 23.8 Å². The molecule has 1 aromatic rings. The van der Waals surface area contributed by atoms with Crippen molar-refractivity contribution in [2.45, 2.75) is 82.5 Å². The van der Waals surface area contributed by atoms with Crippen molar-refractivity contribution in [2.24, 2.45) is 5.92 Å². The molecule has 7 heteroatoms. The van der Waals surface area contributed by atoms with Gasteiger partial charge in [-0.2, -0.15) is 0 Å². The number of carbonyl (C=O) groups excluding carboxylic acids is 1. The van der Waals surface area contributed by atoms with Crippen molar-refractivity contribution in [3.8, 4) is 11.5 Å². The minimum Gasteiger partial charge on any atom is -0.497 e. The SMILES string of the molecule is COCCCOc1cc(CN(C(=O)[C@H]2CNC[C@@H](NC3CCCCC3)C2)C2CC2)cc(OC)c1. The summed E-state index contributed by atoms with van der Waals surface area (Å²) >= 11 is 0. The number of methoxy groups -OCH3 is 2. The Kier molecular flexibility index (Phi) is 9.48. The van der Waals surface area contributed by atoms with E-state index in [1.165, 1.54) is 32.1 Å². The number of piperidine rings is 1. The van der Waals surface area contributed by atoms with E-state index in [1.54, 1.807) is 14.2 Å². The van der Waals surface area contributed by atoms with E-state index in [9.17, 15) is 4.79 Å². The van der Waals surface area contributed by atoms with E-state index in [1.807, 2.05) is 18.2 Å². The lowest BCUT2D eigenvalue weighted by atomic mass is 9.90. The van der Waals surface area contributed by atoms with Crippen LogP contribution in [0, 0.1) is 5.92 Å². The number of ether oxygens (including phenoxy) is 3. The molecule has 3 aliphatic rings.